The number of H-pyrrole nitrogens is 1. The van der Waals surface area contributed by atoms with Crippen molar-refractivity contribution >= 4 is 24.1 Å². The van der Waals surface area contributed by atoms with Gasteiger partial charge in [0.2, 0.25) is 0 Å². The molecule has 1 aromatic heterocycles. The van der Waals surface area contributed by atoms with E-state index in [2.05, 4.69) is 10.3 Å². The zero-order valence-corrected chi connectivity index (χ0v) is 9.41. The summed E-state index contributed by atoms with van der Waals surface area (Å²) in [5, 5.41) is 12.9. The number of aromatic nitrogens is 1. The number of amides is 1. The van der Waals surface area contributed by atoms with Crippen molar-refractivity contribution in [3.8, 4) is 0 Å². The predicted molar refractivity (Wildman–Crippen MR) is 60.7 cm³/mol. The first-order valence-electron chi connectivity index (χ1n) is 4.39. The Bertz CT molecular complexity index is 379. The second kappa shape index (κ2) is 6.09. The molecule has 0 fully saturated rings. The van der Waals surface area contributed by atoms with Crippen molar-refractivity contribution in [1.29, 1.82) is 0 Å². The Morgan fingerprint density at radius 2 is 2.31 bits per heavy atom. The summed E-state index contributed by atoms with van der Waals surface area (Å²) < 4.78 is 0. The maximum absolute atomic E-state index is 11.4. The highest BCUT2D eigenvalue weighted by Crippen LogP contribution is 2.09. The monoisotopic (exact) mass is 248 g/mol. The van der Waals surface area contributed by atoms with Crippen molar-refractivity contribution in [2.75, 3.05) is 6.54 Å². The van der Waals surface area contributed by atoms with Gasteiger partial charge >= 0.3 is 5.82 Å². The standard InChI is InChI=1S/C8H12N4O3.ClH/c1-5(4-9)10-8(13)6-2-3-7(11-6)12(14)15;/h2-3,5,11H,4,9H2,1H3,(H,10,13);1H/t5-;/m0./s1. The highest BCUT2D eigenvalue weighted by molar-refractivity contribution is 5.93. The van der Waals surface area contributed by atoms with E-state index in [4.69, 9.17) is 5.73 Å². The Kier molecular flexibility index (Phi) is 5.48. The van der Waals surface area contributed by atoms with Crippen molar-refractivity contribution in [1.82, 2.24) is 10.3 Å². The Hall–Kier alpha value is -1.60. The summed E-state index contributed by atoms with van der Waals surface area (Å²) >= 11 is 0. The van der Waals surface area contributed by atoms with Crippen LogP contribution in [0.25, 0.3) is 0 Å². The summed E-state index contributed by atoms with van der Waals surface area (Å²) in [5.74, 6) is -0.610. The molecule has 1 atom stereocenters. The van der Waals surface area contributed by atoms with Crippen molar-refractivity contribution in [2.24, 2.45) is 5.73 Å². The van der Waals surface area contributed by atoms with E-state index >= 15 is 0 Å². The second-order valence-corrected chi connectivity index (χ2v) is 3.12. The van der Waals surface area contributed by atoms with Gasteiger partial charge in [0.1, 0.15) is 0 Å². The van der Waals surface area contributed by atoms with E-state index in [1.54, 1.807) is 6.92 Å². The van der Waals surface area contributed by atoms with Crippen LogP contribution in [0.4, 0.5) is 5.82 Å². The quantitative estimate of drug-likeness (QED) is 0.529. The van der Waals surface area contributed by atoms with Gasteiger partial charge in [-0.25, -0.2) is 4.98 Å². The van der Waals surface area contributed by atoms with Crippen LogP contribution < -0.4 is 11.1 Å². The van der Waals surface area contributed by atoms with E-state index in [0.717, 1.165) is 0 Å². The molecule has 0 unspecified atom stereocenters. The van der Waals surface area contributed by atoms with E-state index < -0.39 is 10.8 Å². The molecule has 16 heavy (non-hydrogen) atoms. The molecule has 0 aliphatic heterocycles. The number of hydrogen-bond acceptors (Lipinski definition) is 4. The van der Waals surface area contributed by atoms with Crippen molar-refractivity contribution in [3.63, 3.8) is 0 Å². The summed E-state index contributed by atoms with van der Waals surface area (Å²) in [6, 6.07) is 2.43. The topological polar surface area (TPSA) is 114 Å². The van der Waals surface area contributed by atoms with Crippen LogP contribution in [0.3, 0.4) is 0 Å². The minimum Gasteiger partial charge on any atom is -0.358 e. The number of aromatic amines is 1. The molecule has 0 aliphatic carbocycles. The molecule has 1 heterocycles. The van der Waals surface area contributed by atoms with Crippen LogP contribution in [0.5, 0.6) is 0 Å². The number of nitrogens with two attached hydrogens (primary N) is 1. The zero-order chi connectivity index (χ0) is 11.4. The lowest BCUT2D eigenvalue weighted by Gasteiger charge is -2.08. The molecule has 0 aromatic carbocycles. The smallest absolute Gasteiger partial charge is 0.321 e. The van der Waals surface area contributed by atoms with E-state index in [1.807, 2.05) is 0 Å². The van der Waals surface area contributed by atoms with Gasteiger partial charge in [0.05, 0.1) is 0 Å². The molecular formula is C8H13ClN4O3. The Morgan fingerprint density at radius 1 is 1.69 bits per heavy atom. The summed E-state index contributed by atoms with van der Waals surface area (Å²) in [6.45, 7) is 2.06. The van der Waals surface area contributed by atoms with E-state index in [9.17, 15) is 14.9 Å². The number of nitro groups is 1. The average Bonchev–Trinajstić information content (AvgIpc) is 2.66. The lowest BCUT2D eigenvalue weighted by molar-refractivity contribution is -0.389. The van der Waals surface area contributed by atoms with Crippen molar-refractivity contribution in [3.05, 3.63) is 27.9 Å². The molecule has 0 bridgehead atoms. The molecule has 0 spiro atoms. The average molecular weight is 249 g/mol. The molecule has 8 heteroatoms. The fraction of sp³-hybridized carbons (Fsp3) is 0.375. The number of carbonyl (C=O) groups is 1. The molecule has 1 amide bonds. The molecule has 7 nitrogen and oxygen atoms in total. The maximum Gasteiger partial charge on any atom is 0.321 e. The lowest BCUT2D eigenvalue weighted by Crippen LogP contribution is -2.37. The first-order chi connectivity index (χ1) is 7.04. The normalized spacial score (nSPS) is 11.4. The highest BCUT2D eigenvalue weighted by atomic mass is 35.5. The van der Waals surface area contributed by atoms with Gasteiger partial charge < -0.3 is 21.2 Å². The maximum atomic E-state index is 11.4. The largest absolute Gasteiger partial charge is 0.358 e. The molecule has 0 saturated heterocycles. The van der Waals surface area contributed by atoms with Gasteiger partial charge in [-0.05, 0) is 17.9 Å². The third kappa shape index (κ3) is 3.52. The number of hydrogen-bond donors (Lipinski definition) is 3. The minimum atomic E-state index is -0.594. The van der Waals surface area contributed by atoms with Gasteiger partial charge in [-0.3, -0.25) is 4.79 Å². The lowest BCUT2D eigenvalue weighted by atomic mass is 10.3. The van der Waals surface area contributed by atoms with Crippen LogP contribution in [0.1, 0.15) is 17.4 Å². The van der Waals surface area contributed by atoms with Gasteiger partial charge in [-0.15, -0.1) is 12.4 Å². The minimum absolute atomic E-state index is 0. The van der Waals surface area contributed by atoms with Gasteiger partial charge in [0, 0.05) is 18.7 Å². The van der Waals surface area contributed by atoms with Gasteiger partial charge in [-0.2, -0.15) is 0 Å². The van der Waals surface area contributed by atoms with Crippen LogP contribution >= 0.6 is 12.4 Å². The number of rotatable bonds is 4. The molecule has 4 N–H and O–H groups in total. The first-order valence-corrected chi connectivity index (χ1v) is 4.39. The Labute approximate surface area is 98.0 Å². The van der Waals surface area contributed by atoms with Crippen molar-refractivity contribution < 1.29 is 9.72 Å². The Balaban J connectivity index is 0.00000225. The fourth-order valence-electron chi connectivity index (χ4n) is 0.983. The van der Waals surface area contributed by atoms with E-state index in [-0.39, 0.29) is 30.0 Å². The van der Waals surface area contributed by atoms with Crippen molar-refractivity contribution in [2.45, 2.75) is 13.0 Å². The molecule has 90 valence electrons. The molecule has 1 aromatic rings. The second-order valence-electron chi connectivity index (χ2n) is 3.12. The molecule has 0 saturated carbocycles. The van der Waals surface area contributed by atoms with Crippen LogP contribution in [-0.2, 0) is 0 Å². The van der Waals surface area contributed by atoms with Crippen LogP contribution in [0.2, 0.25) is 0 Å². The van der Waals surface area contributed by atoms with Crippen LogP contribution in [0, 0.1) is 10.1 Å². The highest BCUT2D eigenvalue weighted by Gasteiger charge is 2.16. The van der Waals surface area contributed by atoms with E-state index in [1.165, 1.54) is 12.1 Å². The van der Waals surface area contributed by atoms with Gasteiger partial charge in [-0.1, -0.05) is 0 Å². The Morgan fingerprint density at radius 3 is 2.75 bits per heavy atom. The summed E-state index contributed by atoms with van der Waals surface area (Å²) in [4.78, 5) is 23.6. The number of nitrogens with one attached hydrogen (secondary N) is 2. The summed E-state index contributed by atoms with van der Waals surface area (Å²) in [5.41, 5.74) is 5.47. The number of halogens is 1. The molecular weight excluding hydrogens is 236 g/mol. The predicted octanol–water partition coefficient (Wildman–Crippen LogP) is 0.422. The summed E-state index contributed by atoms with van der Waals surface area (Å²) in [6.07, 6.45) is 0. The third-order valence-electron chi connectivity index (χ3n) is 1.84. The molecule has 0 aliphatic rings. The number of carbonyl (C=O) groups excluding carboxylic acids is 1. The molecule has 0 radical (unpaired) electrons. The zero-order valence-electron chi connectivity index (χ0n) is 8.60. The number of nitrogens with zero attached hydrogens (tertiary/aromatic N) is 1. The van der Waals surface area contributed by atoms with Crippen LogP contribution in [-0.4, -0.2) is 28.4 Å². The fourth-order valence-corrected chi connectivity index (χ4v) is 0.983. The van der Waals surface area contributed by atoms with Gasteiger partial charge in [0.15, 0.2) is 5.69 Å². The summed E-state index contributed by atoms with van der Waals surface area (Å²) in [7, 11) is 0. The van der Waals surface area contributed by atoms with E-state index in [0.29, 0.717) is 6.54 Å². The van der Waals surface area contributed by atoms with Crippen LogP contribution in [0.15, 0.2) is 12.1 Å². The first kappa shape index (κ1) is 14.4. The molecule has 1 rings (SSSR count). The SMILES string of the molecule is C[C@@H](CN)NC(=O)c1ccc([N+](=O)[O-])[nH]1.Cl. The third-order valence-corrected chi connectivity index (χ3v) is 1.84. The van der Waals surface area contributed by atoms with Gasteiger partial charge in [0.25, 0.3) is 5.91 Å².